The number of rotatable bonds is 3. The average molecular weight is 220 g/mol. The zero-order chi connectivity index (χ0) is 11.4. The summed E-state index contributed by atoms with van der Waals surface area (Å²) in [5, 5.41) is 7.04. The molecule has 0 amide bonds. The van der Waals surface area contributed by atoms with Gasteiger partial charge in [0.25, 0.3) is 0 Å². The molecule has 1 aromatic rings. The summed E-state index contributed by atoms with van der Waals surface area (Å²) in [5.41, 5.74) is 1.36. The predicted molar refractivity (Wildman–Crippen MR) is 66.0 cm³/mol. The third-order valence-electron chi connectivity index (χ3n) is 3.22. The molecule has 0 aromatic heterocycles. The first-order valence-corrected chi connectivity index (χ1v) is 5.89. The van der Waals surface area contributed by atoms with E-state index in [0.29, 0.717) is 12.1 Å². The van der Waals surface area contributed by atoms with E-state index in [4.69, 9.17) is 4.74 Å². The Morgan fingerprint density at radius 2 is 1.88 bits per heavy atom. The third-order valence-corrected chi connectivity index (χ3v) is 3.22. The van der Waals surface area contributed by atoms with E-state index in [-0.39, 0.29) is 0 Å². The van der Waals surface area contributed by atoms with Crippen LogP contribution in [0.15, 0.2) is 24.3 Å². The Bertz CT molecular complexity index is 323. The Morgan fingerprint density at radius 1 is 1.19 bits per heavy atom. The fourth-order valence-corrected chi connectivity index (χ4v) is 2.14. The van der Waals surface area contributed by atoms with E-state index < -0.39 is 0 Å². The molecule has 1 saturated heterocycles. The van der Waals surface area contributed by atoms with Gasteiger partial charge in [-0.2, -0.15) is 0 Å². The van der Waals surface area contributed by atoms with Crippen LogP contribution in [0.2, 0.25) is 0 Å². The minimum absolute atomic E-state index is 0.530. The van der Waals surface area contributed by atoms with Gasteiger partial charge in [0, 0.05) is 25.2 Å². The van der Waals surface area contributed by atoms with E-state index in [2.05, 4.69) is 29.7 Å². The van der Waals surface area contributed by atoms with Crippen molar-refractivity contribution in [2.24, 2.45) is 0 Å². The Hall–Kier alpha value is -1.06. The minimum atomic E-state index is 0.530. The number of methoxy groups -OCH3 is 1. The monoisotopic (exact) mass is 220 g/mol. The summed E-state index contributed by atoms with van der Waals surface area (Å²) < 4.78 is 5.15. The number of hydrogen-bond acceptors (Lipinski definition) is 3. The second-order valence-electron chi connectivity index (χ2n) is 4.36. The maximum Gasteiger partial charge on any atom is 0.118 e. The normalized spacial score (nSPS) is 25.4. The molecule has 0 spiro atoms. The number of nitrogens with one attached hydrogen (secondary N) is 2. The second-order valence-corrected chi connectivity index (χ2v) is 4.36. The van der Waals surface area contributed by atoms with Gasteiger partial charge in [-0.05, 0) is 31.0 Å². The zero-order valence-electron chi connectivity index (χ0n) is 9.99. The van der Waals surface area contributed by atoms with E-state index in [1.165, 1.54) is 5.56 Å². The van der Waals surface area contributed by atoms with Crippen LogP contribution in [-0.2, 0) is 6.42 Å². The molecule has 0 aliphatic carbocycles. The minimum Gasteiger partial charge on any atom is -0.497 e. The lowest BCUT2D eigenvalue weighted by atomic mass is 9.99. The molecule has 3 nitrogen and oxygen atoms in total. The van der Waals surface area contributed by atoms with Crippen molar-refractivity contribution >= 4 is 0 Å². The summed E-state index contributed by atoms with van der Waals surface area (Å²) >= 11 is 0. The average Bonchev–Trinajstić information content (AvgIpc) is 2.33. The highest BCUT2D eigenvalue weighted by Crippen LogP contribution is 2.14. The summed E-state index contributed by atoms with van der Waals surface area (Å²) in [4.78, 5) is 0. The molecule has 1 fully saturated rings. The molecule has 2 rings (SSSR count). The molecule has 1 aliphatic rings. The van der Waals surface area contributed by atoms with E-state index in [1.807, 2.05) is 12.1 Å². The Labute approximate surface area is 97.2 Å². The zero-order valence-corrected chi connectivity index (χ0v) is 9.99. The van der Waals surface area contributed by atoms with Crippen molar-refractivity contribution in [1.29, 1.82) is 0 Å². The molecule has 0 saturated carbocycles. The quantitative estimate of drug-likeness (QED) is 0.802. The van der Waals surface area contributed by atoms with Gasteiger partial charge < -0.3 is 15.4 Å². The largest absolute Gasteiger partial charge is 0.497 e. The van der Waals surface area contributed by atoms with Crippen molar-refractivity contribution < 1.29 is 4.74 Å². The molecule has 2 unspecified atom stereocenters. The molecule has 2 atom stereocenters. The van der Waals surface area contributed by atoms with Gasteiger partial charge in [-0.25, -0.2) is 0 Å². The first kappa shape index (κ1) is 11.4. The molecule has 3 heteroatoms. The van der Waals surface area contributed by atoms with Gasteiger partial charge >= 0.3 is 0 Å². The molecule has 16 heavy (non-hydrogen) atoms. The topological polar surface area (TPSA) is 33.3 Å². The van der Waals surface area contributed by atoms with Crippen LogP contribution >= 0.6 is 0 Å². The van der Waals surface area contributed by atoms with Gasteiger partial charge in [0.1, 0.15) is 5.75 Å². The molecular weight excluding hydrogens is 200 g/mol. The molecule has 0 radical (unpaired) electrons. The lowest BCUT2D eigenvalue weighted by Gasteiger charge is -2.31. The van der Waals surface area contributed by atoms with Gasteiger partial charge in [-0.3, -0.25) is 0 Å². The van der Waals surface area contributed by atoms with Crippen LogP contribution in [0.4, 0.5) is 0 Å². The van der Waals surface area contributed by atoms with Crippen LogP contribution in [-0.4, -0.2) is 32.3 Å². The molecule has 1 aliphatic heterocycles. The van der Waals surface area contributed by atoms with Crippen LogP contribution in [0.1, 0.15) is 12.5 Å². The molecule has 2 N–H and O–H groups in total. The van der Waals surface area contributed by atoms with Crippen molar-refractivity contribution in [3.8, 4) is 5.75 Å². The van der Waals surface area contributed by atoms with Crippen LogP contribution in [0, 0.1) is 0 Å². The number of benzene rings is 1. The van der Waals surface area contributed by atoms with Gasteiger partial charge in [-0.1, -0.05) is 12.1 Å². The van der Waals surface area contributed by atoms with Gasteiger partial charge in [0.05, 0.1) is 7.11 Å². The van der Waals surface area contributed by atoms with E-state index in [1.54, 1.807) is 7.11 Å². The van der Waals surface area contributed by atoms with Crippen molar-refractivity contribution in [3.63, 3.8) is 0 Å². The fraction of sp³-hybridized carbons (Fsp3) is 0.538. The van der Waals surface area contributed by atoms with Gasteiger partial charge in [0.2, 0.25) is 0 Å². The van der Waals surface area contributed by atoms with E-state index in [0.717, 1.165) is 25.3 Å². The van der Waals surface area contributed by atoms with Gasteiger partial charge in [0.15, 0.2) is 0 Å². The predicted octanol–water partition coefficient (Wildman–Crippen LogP) is 1.19. The van der Waals surface area contributed by atoms with E-state index >= 15 is 0 Å². The summed E-state index contributed by atoms with van der Waals surface area (Å²) in [6.07, 6.45) is 1.07. The number of hydrogen-bond donors (Lipinski definition) is 2. The summed E-state index contributed by atoms with van der Waals surface area (Å²) in [6, 6.07) is 9.40. The lowest BCUT2D eigenvalue weighted by Crippen LogP contribution is -2.55. The van der Waals surface area contributed by atoms with Crippen molar-refractivity contribution in [2.75, 3.05) is 20.2 Å². The Balaban J connectivity index is 1.96. The second kappa shape index (κ2) is 5.32. The van der Waals surface area contributed by atoms with Crippen molar-refractivity contribution in [2.45, 2.75) is 25.4 Å². The van der Waals surface area contributed by atoms with Crippen LogP contribution in [0.25, 0.3) is 0 Å². The van der Waals surface area contributed by atoms with Gasteiger partial charge in [-0.15, -0.1) is 0 Å². The van der Waals surface area contributed by atoms with Crippen LogP contribution in [0.5, 0.6) is 5.75 Å². The molecule has 1 heterocycles. The molecule has 88 valence electrons. The highest BCUT2D eigenvalue weighted by atomic mass is 16.5. The summed E-state index contributed by atoms with van der Waals surface area (Å²) in [7, 11) is 1.70. The van der Waals surface area contributed by atoms with Crippen LogP contribution < -0.4 is 15.4 Å². The molecule has 1 aromatic carbocycles. The van der Waals surface area contributed by atoms with Crippen LogP contribution in [0.3, 0.4) is 0 Å². The van der Waals surface area contributed by atoms with E-state index in [9.17, 15) is 0 Å². The van der Waals surface area contributed by atoms with Crippen molar-refractivity contribution in [1.82, 2.24) is 10.6 Å². The molecule has 0 bridgehead atoms. The van der Waals surface area contributed by atoms with Crippen molar-refractivity contribution in [3.05, 3.63) is 29.8 Å². The number of ether oxygens (including phenoxy) is 1. The standard InChI is InChI=1S/C13H20N2O/c1-10-13(15-8-7-14-10)9-11-3-5-12(16-2)6-4-11/h3-6,10,13-15H,7-9H2,1-2H3. The number of piperazine rings is 1. The molecular formula is C13H20N2O. The third kappa shape index (κ3) is 2.74. The fourth-order valence-electron chi connectivity index (χ4n) is 2.14. The smallest absolute Gasteiger partial charge is 0.118 e. The first-order valence-electron chi connectivity index (χ1n) is 5.89. The SMILES string of the molecule is COc1ccc(CC2NCCNC2C)cc1. The Kier molecular flexibility index (Phi) is 3.80. The Morgan fingerprint density at radius 3 is 2.50 bits per heavy atom. The highest BCUT2D eigenvalue weighted by Gasteiger charge is 2.19. The summed E-state index contributed by atoms with van der Waals surface area (Å²) in [5.74, 6) is 0.923. The summed E-state index contributed by atoms with van der Waals surface area (Å²) in [6.45, 7) is 4.37. The lowest BCUT2D eigenvalue weighted by molar-refractivity contribution is 0.336. The maximum absolute atomic E-state index is 5.15. The first-order chi connectivity index (χ1) is 7.79. The highest BCUT2D eigenvalue weighted by molar-refractivity contribution is 5.27. The maximum atomic E-state index is 5.15.